The van der Waals surface area contributed by atoms with Crippen molar-refractivity contribution in [3.8, 4) is 11.5 Å². The van der Waals surface area contributed by atoms with E-state index in [1.165, 1.54) is 6.07 Å². The van der Waals surface area contributed by atoms with E-state index >= 15 is 0 Å². The van der Waals surface area contributed by atoms with Crippen LogP contribution in [0.3, 0.4) is 0 Å². The van der Waals surface area contributed by atoms with E-state index in [1.807, 2.05) is 30.3 Å². The summed E-state index contributed by atoms with van der Waals surface area (Å²) in [5, 5.41) is 12.5. The van der Waals surface area contributed by atoms with Gasteiger partial charge >= 0.3 is 0 Å². The highest BCUT2D eigenvalue weighted by Gasteiger charge is 2.32. The van der Waals surface area contributed by atoms with E-state index in [9.17, 15) is 4.39 Å². The highest BCUT2D eigenvalue weighted by atomic mass is 19.1. The van der Waals surface area contributed by atoms with Crippen molar-refractivity contribution in [1.29, 1.82) is 0 Å². The van der Waals surface area contributed by atoms with Crippen molar-refractivity contribution >= 4 is 0 Å². The number of hydrogen-bond acceptors (Lipinski definition) is 7. The molecule has 1 fully saturated rings. The Bertz CT molecular complexity index is 1050. The molecule has 0 radical (unpaired) electrons. The molecule has 5 rings (SSSR count). The van der Waals surface area contributed by atoms with E-state index in [2.05, 4.69) is 32.2 Å². The molecule has 1 atom stereocenters. The molecule has 1 saturated heterocycles. The Kier molecular flexibility index (Phi) is 5.52. The minimum absolute atomic E-state index is 0.230. The molecule has 0 amide bonds. The molecule has 0 aliphatic carbocycles. The number of rotatable bonds is 6. The summed E-state index contributed by atoms with van der Waals surface area (Å²) in [6, 6.07) is 12.3. The Hall–Kier alpha value is -3.04. The summed E-state index contributed by atoms with van der Waals surface area (Å²) in [5.74, 6) is 1.84. The standard InChI is InChI=1S/C22H25FN6O2/c1-2-27-9-11-28(12-10-27)21(17-5-3-4-6-18(17)23)22-24-25-26-29(22)14-16-7-8-19-20(13-16)31-15-30-19/h3-8,13,21H,2,9-12,14-15H2,1H3/t21-/m0/s1. The fourth-order valence-corrected chi connectivity index (χ4v) is 4.27. The highest BCUT2D eigenvalue weighted by Crippen LogP contribution is 2.34. The minimum Gasteiger partial charge on any atom is -0.454 e. The van der Waals surface area contributed by atoms with E-state index in [0.29, 0.717) is 23.7 Å². The van der Waals surface area contributed by atoms with Crippen molar-refractivity contribution in [2.75, 3.05) is 39.5 Å². The largest absolute Gasteiger partial charge is 0.454 e. The highest BCUT2D eigenvalue weighted by molar-refractivity contribution is 5.44. The normalized spacial score (nSPS) is 17.7. The number of benzene rings is 2. The van der Waals surface area contributed by atoms with Gasteiger partial charge in [-0.3, -0.25) is 4.90 Å². The number of piperazine rings is 1. The number of hydrogen-bond donors (Lipinski definition) is 0. The first kappa shape index (κ1) is 19.9. The van der Waals surface area contributed by atoms with E-state index in [0.717, 1.165) is 44.0 Å². The SMILES string of the molecule is CCN1CCN([C@@H](c2ccccc2F)c2nnnn2Cc2ccc3c(c2)OCO3)CC1. The minimum atomic E-state index is -0.357. The Morgan fingerprint density at radius 2 is 1.84 bits per heavy atom. The van der Waals surface area contributed by atoms with Crippen molar-refractivity contribution in [3.63, 3.8) is 0 Å². The van der Waals surface area contributed by atoms with Crippen LogP contribution in [0.1, 0.15) is 29.9 Å². The molecule has 1 aromatic heterocycles. The molecule has 3 heterocycles. The Balaban J connectivity index is 1.48. The Morgan fingerprint density at radius 1 is 1.03 bits per heavy atom. The predicted molar refractivity (Wildman–Crippen MR) is 111 cm³/mol. The van der Waals surface area contributed by atoms with Crippen LogP contribution in [0.25, 0.3) is 0 Å². The van der Waals surface area contributed by atoms with Gasteiger partial charge in [-0.1, -0.05) is 31.2 Å². The van der Waals surface area contributed by atoms with Crippen LogP contribution in [0.2, 0.25) is 0 Å². The maximum Gasteiger partial charge on any atom is 0.231 e. The molecule has 0 N–H and O–H groups in total. The van der Waals surface area contributed by atoms with Crippen molar-refractivity contribution in [2.45, 2.75) is 19.5 Å². The van der Waals surface area contributed by atoms with E-state index in [1.54, 1.807) is 10.7 Å². The van der Waals surface area contributed by atoms with Gasteiger partial charge in [0.05, 0.1) is 6.54 Å². The smallest absolute Gasteiger partial charge is 0.231 e. The van der Waals surface area contributed by atoms with Crippen molar-refractivity contribution in [3.05, 3.63) is 65.2 Å². The van der Waals surface area contributed by atoms with Crippen LogP contribution in [-0.2, 0) is 6.54 Å². The molecule has 0 bridgehead atoms. The van der Waals surface area contributed by atoms with Gasteiger partial charge in [-0.2, -0.15) is 0 Å². The lowest BCUT2D eigenvalue weighted by molar-refractivity contribution is 0.107. The molecule has 31 heavy (non-hydrogen) atoms. The number of halogens is 1. The summed E-state index contributed by atoms with van der Waals surface area (Å²) in [7, 11) is 0. The van der Waals surface area contributed by atoms with Gasteiger partial charge in [0, 0.05) is 31.7 Å². The quantitative estimate of drug-likeness (QED) is 0.602. The third kappa shape index (κ3) is 3.98. The zero-order valence-corrected chi connectivity index (χ0v) is 17.4. The van der Waals surface area contributed by atoms with Gasteiger partial charge in [-0.05, 0) is 40.7 Å². The molecule has 8 nitrogen and oxygen atoms in total. The average Bonchev–Trinajstić information content (AvgIpc) is 3.45. The van der Waals surface area contributed by atoms with Crippen molar-refractivity contribution in [1.82, 2.24) is 30.0 Å². The fourth-order valence-electron chi connectivity index (χ4n) is 4.27. The molecule has 0 saturated carbocycles. The van der Waals surface area contributed by atoms with Crippen molar-refractivity contribution < 1.29 is 13.9 Å². The number of tetrazole rings is 1. The molecule has 2 aliphatic rings. The maximum atomic E-state index is 14.9. The molecule has 0 unspecified atom stereocenters. The van der Waals surface area contributed by atoms with Gasteiger partial charge in [-0.25, -0.2) is 9.07 Å². The number of aromatic nitrogens is 4. The predicted octanol–water partition coefficient (Wildman–Crippen LogP) is 2.32. The molecule has 2 aromatic carbocycles. The summed E-state index contributed by atoms with van der Waals surface area (Å²) < 4.78 is 27.5. The van der Waals surface area contributed by atoms with E-state index < -0.39 is 0 Å². The van der Waals surface area contributed by atoms with Gasteiger partial charge in [0.1, 0.15) is 11.9 Å². The van der Waals surface area contributed by atoms with E-state index in [-0.39, 0.29) is 18.7 Å². The van der Waals surface area contributed by atoms with Crippen molar-refractivity contribution in [2.24, 2.45) is 0 Å². The molecular formula is C22H25FN6O2. The van der Waals surface area contributed by atoms with Gasteiger partial charge in [0.2, 0.25) is 6.79 Å². The summed E-state index contributed by atoms with van der Waals surface area (Å²) in [6.07, 6.45) is 0. The van der Waals surface area contributed by atoms with Crippen LogP contribution < -0.4 is 9.47 Å². The first-order valence-corrected chi connectivity index (χ1v) is 10.6. The van der Waals surface area contributed by atoms with Crippen LogP contribution in [0.5, 0.6) is 11.5 Å². The summed E-state index contributed by atoms with van der Waals surface area (Å²) in [4.78, 5) is 4.66. The second-order valence-corrected chi connectivity index (χ2v) is 7.78. The maximum absolute atomic E-state index is 14.9. The van der Waals surface area contributed by atoms with Gasteiger partial charge in [0.15, 0.2) is 17.3 Å². The number of likely N-dealkylation sites (N-methyl/N-ethyl adjacent to an activating group) is 1. The van der Waals surface area contributed by atoms with Gasteiger partial charge < -0.3 is 14.4 Å². The number of nitrogens with zero attached hydrogens (tertiary/aromatic N) is 6. The number of ether oxygens (including phenoxy) is 2. The van der Waals surface area contributed by atoms with Crippen LogP contribution in [0.4, 0.5) is 4.39 Å². The first-order valence-electron chi connectivity index (χ1n) is 10.6. The first-order chi connectivity index (χ1) is 15.2. The summed E-state index contributed by atoms with van der Waals surface area (Å²) in [5.41, 5.74) is 1.58. The van der Waals surface area contributed by atoms with E-state index in [4.69, 9.17) is 9.47 Å². The van der Waals surface area contributed by atoms with Gasteiger partial charge in [-0.15, -0.1) is 5.10 Å². The zero-order chi connectivity index (χ0) is 21.2. The van der Waals surface area contributed by atoms with Gasteiger partial charge in [0.25, 0.3) is 0 Å². The monoisotopic (exact) mass is 424 g/mol. The van der Waals surface area contributed by atoms with Crippen LogP contribution in [-0.4, -0.2) is 69.5 Å². The third-order valence-corrected chi connectivity index (χ3v) is 5.99. The third-order valence-electron chi connectivity index (χ3n) is 5.99. The van der Waals surface area contributed by atoms with Crippen LogP contribution in [0, 0.1) is 5.82 Å². The molecule has 162 valence electrons. The second-order valence-electron chi connectivity index (χ2n) is 7.78. The lowest BCUT2D eigenvalue weighted by atomic mass is 10.0. The molecule has 3 aromatic rings. The molecule has 2 aliphatic heterocycles. The molecular weight excluding hydrogens is 399 g/mol. The molecule has 9 heteroatoms. The summed E-state index contributed by atoms with van der Waals surface area (Å²) >= 11 is 0. The lowest BCUT2D eigenvalue weighted by Crippen LogP contribution is -2.48. The zero-order valence-electron chi connectivity index (χ0n) is 17.4. The van der Waals surface area contributed by atoms with Crippen LogP contribution in [0.15, 0.2) is 42.5 Å². The Morgan fingerprint density at radius 3 is 2.65 bits per heavy atom. The Labute approximate surface area is 180 Å². The second kappa shape index (κ2) is 8.60. The molecule has 0 spiro atoms. The number of fused-ring (bicyclic) bond motifs is 1. The summed E-state index contributed by atoms with van der Waals surface area (Å²) in [6.45, 7) is 7.38. The fraction of sp³-hybridized carbons (Fsp3) is 0.409. The average molecular weight is 424 g/mol. The lowest BCUT2D eigenvalue weighted by Gasteiger charge is -2.38. The van der Waals surface area contributed by atoms with Crippen LogP contribution >= 0.6 is 0 Å². The topological polar surface area (TPSA) is 68.5 Å².